The lowest BCUT2D eigenvalue weighted by atomic mass is 9.89. The Morgan fingerprint density at radius 3 is 1.73 bits per heavy atom. The van der Waals surface area contributed by atoms with E-state index in [1.54, 1.807) is 26.4 Å². The zero-order chi connectivity index (χ0) is 21.7. The van der Waals surface area contributed by atoms with Gasteiger partial charge in [0.15, 0.2) is 0 Å². The summed E-state index contributed by atoms with van der Waals surface area (Å²) in [6, 6.07) is 18.1. The van der Waals surface area contributed by atoms with Crippen molar-refractivity contribution < 1.29 is 28.5 Å². The van der Waals surface area contributed by atoms with Crippen LogP contribution in [0.4, 0.5) is 0 Å². The molecule has 0 bridgehead atoms. The van der Waals surface area contributed by atoms with Crippen LogP contribution in [0.2, 0.25) is 0 Å². The number of esters is 2. The predicted molar refractivity (Wildman–Crippen MR) is 113 cm³/mol. The fourth-order valence-electron chi connectivity index (χ4n) is 3.35. The molecule has 0 atom stereocenters. The van der Waals surface area contributed by atoms with Crippen molar-refractivity contribution in [1.29, 1.82) is 0 Å². The third kappa shape index (κ3) is 3.85. The highest BCUT2D eigenvalue weighted by Gasteiger charge is 2.26. The van der Waals surface area contributed by atoms with Crippen molar-refractivity contribution in [2.24, 2.45) is 0 Å². The Hall–Kier alpha value is -3.80. The molecule has 0 spiro atoms. The second-order valence-corrected chi connectivity index (χ2v) is 6.33. The lowest BCUT2D eigenvalue weighted by Crippen LogP contribution is -2.14. The molecule has 0 fully saturated rings. The zero-order valence-electron chi connectivity index (χ0n) is 17.2. The van der Waals surface area contributed by atoms with Crippen LogP contribution in [0, 0.1) is 0 Å². The summed E-state index contributed by atoms with van der Waals surface area (Å²) in [4.78, 5) is 25.4. The number of hydrogen-bond acceptors (Lipinski definition) is 6. The molecule has 0 saturated carbocycles. The normalized spacial score (nSPS) is 10.3. The van der Waals surface area contributed by atoms with Gasteiger partial charge in [-0.05, 0) is 29.8 Å². The summed E-state index contributed by atoms with van der Waals surface area (Å²) in [5.74, 6) is -0.119. The van der Waals surface area contributed by atoms with E-state index in [1.807, 2.05) is 48.5 Å². The first-order valence-corrected chi connectivity index (χ1v) is 9.17. The van der Waals surface area contributed by atoms with Crippen molar-refractivity contribution in [2.75, 3.05) is 28.4 Å². The highest BCUT2D eigenvalue weighted by Crippen LogP contribution is 2.39. The number of rotatable bonds is 6. The molecule has 30 heavy (non-hydrogen) atoms. The number of methoxy groups -OCH3 is 4. The van der Waals surface area contributed by atoms with E-state index in [4.69, 9.17) is 18.9 Å². The van der Waals surface area contributed by atoms with Gasteiger partial charge in [0.2, 0.25) is 0 Å². The smallest absolute Gasteiger partial charge is 0.339 e. The molecule has 0 N–H and O–H groups in total. The first-order chi connectivity index (χ1) is 14.5. The fraction of sp³-hybridized carbons (Fsp3) is 0.167. The van der Waals surface area contributed by atoms with Crippen molar-refractivity contribution in [3.05, 3.63) is 71.8 Å². The van der Waals surface area contributed by atoms with E-state index in [-0.39, 0.29) is 11.1 Å². The molecule has 3 rings (SSSR count). The fourth-order valence-corrected chi connectivity index (χ4v) is 3.35. The van der Waals surface area contributed by atoms with Gasteiger partial charge in [0.05, 0.1) is 39.6 Å². The Labute approximate surface area is 175 Å². The average molecular weight is 406 g/mol. The predicted octanol–water partition coefficient (Wildman–Crippen LogP) is 4.61. The van der Waals surface area contributed by atoms with Crippen LogP contribution in [0.15, 0.2) is 60.7 Å². The minimum absolute atomic E-state index is 0.0914. The molecule has 6 heteroatoms. The Morgan fingerprint density at radius 1 is 0.633 bits per heavy atom. The summed E-state index contributed by atoms with van der Waals surface area (Å²) in [5, 5.41) is 0. The molecule has 3 aromatic carbocycles. The van der Waals surface area contributed by atoms with E-state index < -0.39 is 11.9 Å². The Balaban J connectivity index is 2.43. The van der Waals surface area contributed by atoms with Crippen LogP contribution in [0.5, 0.6) is 11.5 Å². The number of carbonyl (C=O) groups is 2. The number of benzene rings is 3. The largest absolute Gasteiger partial charge is 0.496 e. The van der Waals surface area contributed by atoms with Crippen molar-refractivity contribution in [3.8, 4) is 33.8 Å². The van der Waals surface area contributed by atoms with E-state index in [9.17, 15) is 9.59 Å². The van der Waals surface area contributed by atoms with Gasteiger partial charge in [-0.25, -0.2) is 9.59 Å². The maximum atomic E-state index is 12.7. The maximum absolute atomic E-state index is 12.7. The summed E-state index contributed by atoms with van der Waals surface area (Å²) in [6.45, 7) is 0. The Kier molecular flexibility index (Phi) is 6.37. The quantitative estimate of drug-likeness (QED) is 0.557. The Bertz CT molecular complexity index is 1090. The van der Waals surface area contributed by atoms with Gasteiger partial charge in [0.25, 0.3) is 0 Å². The molecule has 3 aromatic rings. The van der Waals surface area contributed by atoms with Gasteiger partial charge in [-0.2, -0.15) is 0 Å². The third-order valence-corrected chi connectivity index (χ3v) is 4.75. The topological polar surface area (TPSA) is 71.1 Å². The van der Waals surface area contributed by atoms with Gasteiger partial charge in [0, 0.05) is 16.7 Å². The van der Waals surface area contributed by atoms with Crippen LogP contribution in [0.25, 0.3) is 22.3 Å². The van der Waals surface area contributed by atoms with E-state index >= 15 is 0 Å². The standard InChI is InChI=1S/C24H22O6/c1-27-20-11-7-5-9-16(20)15-13-18(17-10-6-8-12-21(17)28-2)22(24(26)30-4)19(14-15)23(25)29-3/h5-14H,1-4H3. The van der Waals surface area contributed by atoms with E-state index in [0.29, 0.717) is 28.2 Å². The van der Waals surface area contributed by atoms with E-state index in [0.717, 1.165) is 5.56 Å². The maximum Gasteiger partial charge on any atom is 0.339 e. The molecule has 0 aliphatic rings. The second kappa shape index (κ2) is 9.13. The molecule has 0 heterocycles. The molecule has 0 aliphatic heterocycles. The molecule has 0 aromatic heterocycles. The van der Waals surface area contributed by atoms with Gasteiger partial charge in [-0.15, -0.1) is 0 Å². The molecule has 6 nitrogen and oxygen atoms in total. The van der Waals surface area contributed by atoms with Gasteiger partial charge in [0.1, 0.15) is 11.5 Å². The highest BCUT2D eigenvalue weighted by molar-refractivity contribution is 6.09. The number of hydrogen-bond donors (Lipinski definition) is 0. The van der Waals surface area contributed by atoms with Crippen molar-refractivity contribution >= 4 is 11.9 Å². The highest BCUT2D eigenvalue weighted by atomic mass is 16.5. The summed E-state index contributed by atoms with van der Waals surface area (Å²) >= 11 is 0. The molecule has 0 amide bonds. The van der Waals surface area contributed by atoms with Crippen LogP contribution in [0.1, 0.15) is 20.7 Å². The third-order valence-electron chi connectivity index (χ3n) is 4.75. The Morgan fingerprint density at radius 2 is 1.17 bits per heavy atom. The first-order valence-electron chi connectivity index (χ1n) is 9.17. The summed E-state index contributed by atoms with van der Waals surface area (Å²) in [5.41, 5.74) is 2.77. The van der Waals surface area contributed by atoms with Crippen molar-refractivity contribution in [1.82, 2.24) is 0 Å². The molecule has 0 radical (unpaired) electrons. The lowest BCUT2D eigenvalue weighted by molar-refractivity contribution is 0.0556. The number of ether oxygens (including phenoxy) is 4. The van der Waals surface area contributed by atoms with Gasteiger partial charge >= 0.3 is 11.9 Å². The molecule has 0 unspecified atom stereocenters. The van der Waals surface area contributed by atoms with Crippen LogP contribution < -0.4 is 9.47 Å². The minimum atomic E-state index is -0.650. The monoisotopic (exact) mass is 406 g/mol. The summed E-state index contributed by atoms with van der Waals surface area (Å²) < 4.78 is 20.9. The van der Waals surface area contributed by atoms with Gasteiger partial charge in [-0.1, -0.05) is 36.4 Å². The molecule has 154 valence electrons. The SMILES string of the molecule is COC(=O)c1cc(-c2ccccc2OC)cc(-c2ccccc2OC)c1C(=O)OC. The van der Waals surface area contributed by atoms with Crippen LogP contribution in [0.3, 0.4) is 0 Å². The summed E-state index contributed by atoms with van der Waals surface area (Å²) in [7, 11) is 5.65. The zero-order valence-corrected chi connectivity index (χ0v) is 17.2. The lowest BCUT2D eigenvalue weighted by Gasteiger charge is -2.18. The van der Waals surface area contributed by atoms with Crippen molar-refractivity contribution in [3.63, 3.8) is 0 Å². The van der Waals surface area contributed by atoms with Crippen molar-refractivity contribution in [2.45, 2.75) is 0 Å². The molecular weight excluding hydrogens is 384 g/mol. The minimum Gasteiger partial charge on any atom is -0.496 e. The van der Waals surface area contributed by atoms with Crippen LogP contribution in [-0.4, -0.2) is 40.4 Å². The second-order valence-electron chi connectivity index (χ2n) is 6.33. The van der Waals surface area contributed by atoms with E-state index in [1.165, 1.54) is 14.2 Å². The number of para-hydroxylation sites is 2. The average Bonchev–Trinajstić information content (AvgIpc) is 2.82. The molecule has 0 saturated heterocycles. The first kappa shape index (κ1) is 20.9. The van der Waals surface area contributed by atoms with E-state index in [2.05, 4.69) is 0 Å². The molecular formula is C24H22O6. The van der Waals surface area contributed by atoms with Gasteiger partial charge < -0.3 is 18.9 Å². The van der Waals surface area contributed by atoms with Crippen LogP contribution >= 0.6 is 0 Å². The molecule has 0 aliphatic carbocycles. The van der Waals surface area contributed by atoms with Gasteiger partial charge in [-0.3, -0.25) is 0 Å². The summed E-state index contributed by atoms with van der Waals surface area (Å²) in [6.07, 6.45) is 0. The van der Waals surface area contributed by atoms with Crippen LogP contribution in [-0.2, 0) is 9.47 Å². The number of carbonyl (C=O) groups excluding carboxylic acids is 2.